The molecule has 2 aromatic rings. The maximum absolute atomic E-state index is 12.6. The second-order valence-corrected chi connectivity index (χ2v) is 6.40. The largest absolute Gasteiger partial charge is 0.376 e. The van der Waals surface area contributed by atoms with Gasteiger partial charge in [0.25, 0.3) is 5.91 Å². The molecule has 7 heteroatoms. The molecule has 24 heavy (non-hydrogen) atoms. The van der Waals surface area contributed by atoms with Gasteiger partial charge in [-0.05, 0) is 37.5 Å². The first kappa shape index (κ1) is 15.1. The summed E-state index contributed by atoms with van der Waals surface area (Å²) >= 11 is 0. The number of amides is 2. The Morgan fingerprint density at radius 2 is 2.25 bits per heavy atom. The smallest absolute Gasteiger partial charge is 0.251 e. The normalized spacial score (nSPS) is 27.2. The molecule has 0 radical (unpaired) electrons. The van der Waals surface area contributed by atoms with Crippen LogP contribution in [-0.2, 0) is 9.53 Å². The number of imidazole rings is 1. The zero-order valence-corrected chi connectivity index (χ0v) is 13.2. The van der Waals surface area contributed by atoms with Crippen molar-refractivity contribution < 1.29 is 14.3 Å². The van der Waals surface area contributed by atoms with Crippen molar-refractivity contribution in [3.05, 3.63) is 30.1 Å². The van der Waals surface area contributed by atoms with Crippen LogP contribution in [0.25, 0.3) is 11.0 Å². The summed E-state index contributed by atoms with van der Waals surface area (Å²) in [6.45, 7) is 0.716. The summed E-state index contributed by atoms with van der Waals surface area (Å²) in [6, 6.07) is 5.10. The lowest BCUT2D eigenvalue weighted by molar-refractivity contribution is -0.125. The molecule has 3 atom stereocenters. The van der Waals surface area contributed by atoms with Gasteiger partial charge in [0.2, 0.25) is 5.91 Å². The van der Waals surface area contributed by atoms with E-state index in [0.29, 0.717) is 25.0 Å². The number of benzene rings is 1. The van der Waals surface area contributed by atoms with E-state index in [1.807, 2.05) is 6.07 Å². The van der Waals surface area contributed by atoms with Gasteiger partial charge in [-0.15, -0.1) is 0 Å². The number of carbonyl (C=O) groups is 2. The van der Waals surface area contributed by atoms with Gasteiger partial charge in [0.1, 0.15) is 0 Å². The molecule has 0 bridgehead atoms. The van der Waals surface area contributed by atoms with Gasteiger partial charge in [0.05, 0.1) is 35.5 Å². The van der Waals surface area contributed by atoms with E-state index in [-0.39, 0.29) is 30.0 Å². The molecule has 2 aliphatic heterocycles. The third kappa shape index (κ3) is 2.87. The number of ether oxygens (including phenoxy) is 1. The third-order valence-corrected chi connectivity index (χ3v) is 4.81. The lowest BCUT2D eigenvalue weighted by atomic mass is 9.92. The van der Waals surface area contributed by atoms with E-state index in [1.54, 1.807) is 18.5 Å². The van der Waals surface area contributed by atoms with Gasteiger partial charge in [-0.25, -0.2) is 4.98 Å². The molecule has 1 unspecified atom stereocenters. The number of fused-ring (bicyclic) bond motifs is 1. The van der Waals surface area contributed by atoms with Crippen LogP contribution in [0.1, 0.15) is 36.0 Å². The van der Waals surface area contributed by atoms with Crippen molar-refractivity contribution in [3.63, 3.8) is 0 Å². The van der Waals surface area contributed by atoms with Gasteiger partial charge in [-0.2, -0.15) is 0 Å². The highest BCUT2D eigenvalue weighted by molar-refractivity contribution is 5.97. The zero-order valence-electron chi connectivity index (χ0n) is 13.2. The van der Waals surface area contributed by atoms with Crippen molar-refractivity contribution in [1.29, 1.82) is 0 Å². The summed E-state index contributed by atoms with van der Waals surface area (Å²) in [7, 11) is 0. The van der Waals surface area contributed by atoms with Gasteiger partial charge in [-0.1, -0.05) is 0 Å². The van der Waals surface area contributed by atoms with E-state index in [9.17, 15) is 9.59 Å². The molecule has 2 fully saturated rings. The first-order valence-corrected chi connectivity index (χ1v) is 8.36. The van der Waals surface area contributed by atoms with E-state index in [0.717, 1.165) is 23.9 Å². The monoisotopic (exact) mass is 328 g/mol. The van der Waals surface area contributed by atoms with Crippen molar-refractivity contribution in [2.75, 3.05) is 6.61 Å². The van der Waals surface area contributed by atoms with Crippen LogP contribution in [0.3, 0.4) is 0 Å². The minimum Gasteiger partial charge on any atom is -0.376 e. The fourth-order valence-corrected chi connectivity index (χ4v) is 3.55. The van der Waals surface area contributed by atoms with Crippen molar-refractivity contribution in [2.45, 2.75) is 43.9 Å². The number of H-pyrrole nitrogens is 1. The Labute approximate surface area is 139 Å². The molecule has 126 valence electrons. The van der Waals surface area contributed by atoms with E-state index in [1.165, 1.54) is 0 Å². The van der Waals surface area contributed by atoms with Crippen LogP contribution in [0.15, 0.2) is 24.5 Å². The highest BCUT2D eigenvalue weighted by Gasteiger charge is 2.37. The fourth-order valence-electron chi connectivity index (χ4n) is 3.55. The van der Waals surface area contributed by atoms with Crippen LogP contribution in [0, 0.1) is 0 Å². The molecule has 3 heterocycles. The molecule has 7 nitrogen and oxygen atoms in total. The van der Waals surface area contributed by atoms with Crippen molar-refractivity contribution >= 4 is 22.8 Å². The summed E-state index contributed by atoms with van der Waals surface area (Å²) in [6.07, 6.45) is 4.55. The van der Waals surface area contributed by atoms with Crippen LogP contribution in [0.2, 0.25) is 0 Å². The average Bonchev–Trinajstić information content (AvgIpc) is 3.27. The van der Waals surface area contributed by atoms with Crippen LogP contribution < -0.4 is 10.6 Å². The average molecular weight is 328 g/mol. The Kier molecular flexibility index (Phi) is 3.93. The molecule has 3 N–H and O–H groups in total. The number of rotatable bonds is 3. The molecule has 2 amide bonds. The van der Waals surface area contributed by atoms with E-state index < -0.39 is 0 Å². The van der Waals surface area contributed by atoms with Crippen LogP contribution in [0.5, 0.6) is 0 Å². The summed E-state index contributed by atoms with van der Waals surface area (Å²) in [4.78, 5) is 31.5. The van der Waals surface area contributed by atoms with Gasteiger partial charge in [0, 0.05) is 18.6 Å². The molecule has 0 saturated carbocycles. The quantitative estimate of drug-likeness (QED) is 0.787. The van der Waals surface area contributed by atoms with Gasteiger partial charge >= 0.3 is 0 Å². The second-order valence-electron chi connectivity index (χ2n) is 6.40. The Hall–Kier alpha value is -2.41. The highest BCUT2D eigenvalue weighted by atomic mass is 16.5. The summed E-state index contributed by atoms with van der Waals surface area (Å²) in [5.74, 6) is -0.115. The third-order valence-electron chi connectivity index (χ3n) is 4.81. The van der Waals surface area contributed by atoms with Gasteiger partial charge in [-0.3, -0.25) is 9.59 Å². The number of aromatic amines is 1. The fraction of sp³-hybridized carbons (Fsp3) is 0.471. The Balaban J connectivity index is 1.51. The standard InChI is InChI=1S/C17H20N4O3/c22-15-6-5-12(16(21-15)14-2-1-7-24-14)20-17(23)10-3-4-11-13(8-10)19-9-18-11/h3-4,8-9,12,14,16H,1-2,5-7H2,(H,18,19)(H,20,23)(H,21,22)/t12-,14?,16-/m0/s1. The zero-order chi connectivity index (χ0) is 16.5. The SMILES string of the molecule is O=C1CC[C@H](NC(=O)c2ccc3nc[nH]c3c2)[C@@H](C2CCCO2)N1. The second kappa shape index (κ2) is 6.24. The summed E-state index contributed by atoms with van der Waals surface area (Å²) in [5, 5.41) is 6.07. The number of hydrogen-bond acceptors (Lipinski definition) is 4. The predicted octanol–water partition coefficient (Wildman–Crippen LogP) is 1.12. The lowest BCUT2D eigenvalue weighted by Crippen LogP contribution is -2.60. The number of aromatic nitrogens is 2. The van der Waals surface area contributed by atoms with E-state index in [4.69, 9.17) is 4.74 Å². The molecule has 1 aromatic carbocycles. The molecule has 0 aliphatic carbocycles. The van der Waals surface area contributed by atoms with Gasteiger partial charge in [0.15, 0.2) is 0 Å². The molecular weight excluding hydrogens is 308 g/mol. The Bertz CT molecular complexity index is 766. The Morgan fingerprint density at radius 3 is 3.08 bits per heavy atom. The minimum absolute atomic E-state index is 0.0189. The summed E-state index contributed by atoms with van der Waals surface area (Å²) in [5.41, 5.74) is 2.23. The van der Waals surface area contributed by atoms with Crippen LogP contribution in [-0.4, -0.2) is 46.6 Å². The highest BCUT2D eigenvalue weighted by Crippen LogP contribution is 2.23. The lowest BCUT2D eigenvalue weighted by Gasteiger charge is -2.36. The number of piperidine rings is 1. The first-order chi connectivity index (χ1) is 11.7. The number of nitrogens with zero attached hydrogens (tertiary/aromatic N) is 1. The number of hydrogen-bond donors (Lipinski definition) is 3. The maximum atomic E-state index is 12.6. The first-order valence-electron chi connectivity index (χ1n) is 8.36. The maximum Gasteiger partial charge on any atom is 0.251 e. The molecule has 0 spiro atoms. The molecule has 1 aromatic heterocycles. The van der Waals surface area contributed by atoms with Crippen molar-refractivity contribution in [1.82, 2.24) is 20.6 Å². The Morgan fingerprint density at radius 1 is 1.33 bits per heavy atom. The molecule has 4 rings (SSSR count). The van der Waals surface area contributed by atoms with E-state index in [2.05, 4.69) is 20.6 Å². The van der Waals surface area contributed by atoms with Crippen molar-refractivity contribution in [3.8, 4) is 0 Å². The number of carbonyl (C=O) groups excluding carboxylic acids is 2. The van der Waals surface area contributed by atoms with E-state index >= 15 is 0 Å². The van der Waals surface area contributed by atoms with Crippen LogP contribution in [0.4, 0.5) is 0 Å². The molecule has 2 saturated heterocycles. The minimum atomic E-state index is -0.159. The predicted molar refractivity (Wildman–Crippen MR) is 87.5 cm³/mol. The van der Waals surface area contributed by atoms with Crippen molar-refractivity contribution in [2.24, 2.45) is 0 Å². The topological polar surface area (TPSA) is 96.1 Å². The number of nitrogens with one attached hydrogen (secondary N) is 3. The molecular formula is C17H20N4O3. The molecule has 2 aliphatic rings. The van der Waals surface area contributed by atoms with Crippen LogP contribution >= 0.6 is 0 Å². The van der Waals surface area contributed by atoms with Gasteiger partial charge < -0.3 is 20.4 Å². The summed E-state index contributed by atoms with van der Waals surface area (Å²) < 4.78 is 5.73.